The first-order chi connectivity index (χ1) is 15.3. The van der Waals surface area contributed by atoms with Crippen LogP contribution in [-0.2, 0) is 15.1 Å². The van der Waals surface area contributed by atoms with Crippen LogP contribution in [0, 0.1) is 0 Å². The van der Waals surface area contributed by atoms with Gasteiger partial charge in [-0.25, -0.2) is 4.79 Å². The number of rotatable bonds is 7. The summed E-state index contributed by atoms with van der Waals surface area (Å²) in [6.07, 6.45) is -0.223. The zero-order valence-corrected chi connectivity index (χ0v) is 15.7. The number of anilines is 1. The molecule has 0 radical (unpaired) electrons. The van der Waals surface area contributed by atoms with E-state index in [9.17, 15) is 9.90 Å². The third-order valence-electron chi connectivity index (χ3n) is 4.73. The van der Waals surface area contributed by atoms with Crippen molar-refractivity contribution in [1.82, 2.24) is 0 Å². The van der Waals surface area contributed by atoms with E-state index < -0.39 is 31.4 Å². The Hall–Kier alpha value is -2.04. The summed E-state index contributed by atoms with van der Waals surface area (Å²) in [5.74, 6) is -1.59. The third-order valence-corrected chi connectivity index (χ3v) is 4.73. The van der Waals surface area contributed by atoms with E-state index in [2.05, 4.69) is 4.90 Å². The van der Waals surface area contributed by atoms with Gasteiger partial charge in [-0.3, -0.25) is 0 Å². The molecule has 1 fully saturated rings. The number of nitrogens with zero attached hydrogens (tertiary/aromatic N) is 1. The number of benzene rings is 2. The first-order valence-corrected chi connectivity index (χ1v) is 8.67. The minimum Gasteiger partial charge on any atom is -0.479 e. The van der Waals surface area contributed by atoms with Crippen molar-refractivity contribution in [2.24, 2.45) is 0 Å². The molecule has 1 aliphatic heterocycles. The monoisotopic (exact) mass is 396 g/mol. The number of ether oxygens (including phenoxy) is 1. The van der Waals surface area contributed by atoms with Crippen LogP contribution in [0.3, 0.4) is 0 Å². The van der Waals surface area contributed by atoms with Crippen LogP contribution < -0.4 is 4.90 Å². The highest BCUT2D eigenvalue weighted by Gasteiger charge is 2.43. The second-order valence-electron chi connectivity index (χ2n) is 6.28. The molecule has 1 heterocycles. The first-order valence-electron chi connectivity index (χ1n) is 12.2. The molecule has 0 spiro atoms. The number of hydrogen-bond donors (Lipinski definition) is 1. The Bertz CT molecular complexity index is 965. The summed E-state index contributed by atoms with van der Waals surface area (Å²) in [4.78, 5) is 14.9. The lowest BCUT2D eigenvalue weighted by molar-refractivity contribution is -0.161. The lowest BCUT2D eigenvalue weighted by Crippen LogP contribution is -2.40. The Morgan fingerprint density at radius 2 is 1.74 bits per heavy atom. The molecule has 0 saturated carbocycles. The minimum atomic E-state index is -3.48. The fourth-order valence-corrected chi connectivity index (χ4v) is 3.41. The van der Waals surface area contributed by atoms with Crippen molar-refractivity contribution in [1.29, 1.82) is 0 Å². The first kappa shape index (κ1) is 13.2. The summed E-state index contributed by atoms with van der Waals surface area (Å²) in [6, 6.07) is 14.0. The number of carboxylic acid groups (broad SMARTS) is 1. The quantitative estimate of drug-likeness (QED) is 0.726. The molecule has 4 nitrogen and oxygen atoms in total. The van der Waals surface area contributed by atoms with Gasteiger partial charge in [-0.1, -0.05) is 49.3 Å². The number of carbonyl (C=O) groups is 1. The van der Waals surface area contributed by atoms with Crippen LogP contribution in [0.4, 0.5) is 5.69 Å². The summed E-state index contributed by atoms with van der Waals surface area (Å²) in [5.41, 5.74) is -1.52. The molecule has 2 aromatic carbocycles. The highest BCUT2D eigenvalue weighted by atomic mass is 35.5. The Morgan fingerprint density at radius 1 is 1.11 bits per heavy atom. The van der Waals surface area contributed by atoms with Gasteiger partial charge in [0.25, 0.3) is 0 Å². The molecule has 146 valence electrons. The van der Waals surface area contributed by atoms with Crippen LogP contribution in [0.15, 0.2) is 54.6 Å². The maximum absolute atomic E-state index is 12.7. The van der Waals surface area contributed by atoms with Crippen LogP contribution >= 0.6 is 12.4 Å². The van der Waals surface area contributed by atoms with E-state index in [1.54, 1.807) is 30.3 Å². The third kappa shape index (κ3) is 4.45. The average molecular weight is 397 g/mol. The molecule has 1 N–H and O–H groups in total. The van der Waals surface area contributed by atoms with Gasteiger partial charge in [0.15, 0.2) is 0 Å². The number of piperidine rings is 1. The van der Waals surface area contributed by atoms with E-state index in [0.29, 0.717) is 0 Å². The van der Waals surface area contributed by atoms with Gasteiger partial charge in [0.05, 0.1) is 2.74 Å². The number of hydrogen-bond acceptors (Lipinski definition) is 3. The molecular weight excluding hydrogens is 362 g/mol. The number of aliphatic carboxylic acids is 1. The van der Waals surface area contributed by atoms with Gasteiger partial charge in [-0.15, -0.1) is 12.4 Å². The summed E-state index contributed by atoms with van der Waals surface area (Å²) in [7, 11) is 0. The van der Waals surface area contributed by atoms with Gasteiger partial charge < -0.3 is 14.7 Å². The highest BCUT2D eigenvalue weighted by molar-refractivity contribution is 5.85. The van der Waals surface area contributed by atoms with E-state index >= 15 is 0 Å². The second-order valence-corrected chi connectivity index (χ2v) is 6.28. The van der Waals surface area contributed by atoms with Crippen LogP contribution in [0.1, 0.15) is 53.2 Å². The zero-order valence-electron chi connectivity index (χ0n) is 21.9. The predicted octanol–water partition coefficient (Wildman–Crippen LogP) is 4.85. The van der Waals surface area contributed by atoms with Crippen LogP contribution in [0.2, 0.25) is 0 Å². The molecule has 2 aromatic rings. The summed E-state index contributed by atoms with van der Waals surface area (Å²) in [6.45, 7) is -5.12. The van der Waals surface area contributed by atoms with Crippen molar-refractivity contribution in [3.63, 3.8) is 0 Å². The minimum absolute atomic E-state index is 0. The van der Waals surface area contributed by atoms with E-state index in [-0.39, 0.29) is 23.5 Å². The van der Waals surface area contributed by atoms with Gasteiger partial charge in [0.1, 0.15) is 0 Å². The van der Waals surface area contributed by atoms with Crippen molar-refractivity contribution in [3.05, 3.63) is 65.7 Å². The summed E-state index contributed by atoms with van der Waals surface area (Å²) < 4.78 is 59.9. The van der Waals surface area contributed by atoms with Gasteiger partial charge in [0, 0.05) is 32.2 Å². The standard InChI is InChI=1S/C22H27NO3.ClH/c1-2-17-26-22(21(24)25,18-9-5-3-6-10-18)19-11-13-20(14-12-19)23-15-7-4-8-16-23;/h3,5-6,9-14H,2,4,7-8,15-17H2,1H3,(H,24,25);1H/i1D3,2D2,17D2;. The van der Waals surface area contributed by atoms with Gasteiger partial charge in [-0.2, -0.15) is 0 Å². The van der Waals surface area contributed by atoms with Crippen LogP contribution in [0.25, 0.3) is 0 Å². The topological polar surface area (TPSA) is 49.8 Å². The van der Waals surface area contributed by atoms with Gasteiger partial charge in [-0.05, 0) is 48.9 Å². The van der Waals surface area contributed by atoms with Crippen molar-refractivity contribution < 1.29 is 24.2 Å². The fraction of sp³-hybridized carbons (Fsp3) is 0.409. The summed E-state index contributed by atoms with van der Waals surface area (Å²) >= 11 is 0. The van der Waals surface area contributed by atoms with E-state index in [1.165, 1.54) is 24.3 Å². The van der Waals surface area contributed by atoms with Crippen molar-refractivity contribution in [2.45, 2.75) is 38.1 Å². The molecule has 5 heteroatoms. The van der Waals surface area contributed by atoms with Crippen LogP contribution in [-0.4, -0.2) is 30.7 Å². The lowest BCUT2D eigenvalue weighted by Gasteiger charge is -2.32. The number of halogens is 1. The molecule has 1 saturated heterocycles. The zero-order chi connectivity index (χ0) is 24.5. The Labute approximate surface area is 177 Å². The molecule has 0 amide bonds. The Morgan fingerprint density at radius 3 is 2.33 bits per heavy atom. The highest BCUT2D eigenvalue weighted by Crippen LogP contribution is 2.35. The van der Waals surface area contributed by atoms with E-state index in [4.69, 9.17) is 14.3 Å². The molecule has 0 aliphatic carbocycles. The maximum atomic E-state index is 12.7. The van der Waals surface area contributed by atoms with Crippen molar-refractivity contribution >= 4 is 24.1 Å². The molecule has 3 rings (SSSR count). The SMILES string of the molecule is Cl.[2H]C([2H])([2H])C([2H])([2H])C([2H])([2H])OC(C(=O)O)(c1ccccc1)c1ccc(N2CCCCC2)cc1. The van der Waals surface area contributed by atoms with Gasteiger partial charge in [0.2, 0.25) is 5.60 Å². The predicted molar refractivity (Wildman–Crippen MR) is 111 cm³/mol. The largest absolute Gasteiger partial charge is 0.479 e. The second kappa shape index (κ2) is 9.77. The van der Waals surface area contributed by atoms with E-state index in [1.807, 2.05) is 0 Å². The lowest BCUT2D eigenvalue weighted by atomic mass is 9.85. The molecule has 0 bridgehead atoms. The Balaban J connectivity index is 0.00000408. The molecule has 1 unspecified atom stereocenters. The number of carboxylic acids is 1. The molecular formula is C22H28ClNO3. The normalized spacial score (nSPS) is 21.6. The molecule has 1 atom stereocenters. The molecule has 27 heavy (non-hydrogen) atoms. The smallest absolute Gasteiger partial charge is 0.345 e. The summed E-state index contributed by atoms with van der Waals surface area (Å²) in [5, 5.41) is 10.3. The Kier molecular flexibility index (Phi) is 4.77. The fourth-order valence-electron chi connectivity index (χ4n) is 3.41. The van der Waals surface area contributed by atoms with Crippen molar-refractivity contribution in [3.8, 4) is 0 Å². The maximum Gasteiger partial charge on any atom is 0.345 e. The molecule has 0 aromatic heterocycles. The molecule has 1 aliphatic rings. The van der Waals surface area contributed by atoms with Crippen molar-refractivity contribution in [2.75, 3.05) is 24.5 Å². The average Bonchev–Trinajstić information content (AvgIpc) is 2.78. The van der Waals surface area contributed by atoms with Gasteiger partial charge >= 0.3 is 5.97 Å². The van der Waals surface area contributed by atoms with Crippen LogP contribution in [0.5, 0.6) is 0 Å². The van der Waals surface area contributed by atoms with E-state index in [0.717, 1.165) is 38.0 Å².